The molecule has 4 heterocycles. The molecule has 6 nitrogen and oxygen atoms in total. The third-order valence-electron chi connectivity index (χ3n) is 10.1. The average Bonchev–Trinajstić information content (AvgIpc) is 3.29. The molecule has 0 aliphatic carbocycles. The lowest BCUT2D eigenvalue weighted by Crippen LogP contribution is -2.00. The summed E-state index contributed by atoms with van der Waals surface area (Å²) in [6, 6.07) is 60.3. The Hall–Kier alpha value is -7.70. The number of nitrogens with zero attached hydrogens (tertiary/aromatic N) is 6. The zero-order valence-electron chi connectivity index (χ0n) is 30.2. The molecule has 0 spiro atoms. The van der Waals surface area contributed by atoms with Gasteiger partial charge in [-0.1, -0.05) is 140 Å². The van der Waals surface area contributed by atoms with Gasteiger partial charge in [0, 0.05) is 46.1 Å². The molecule has 6 aromatic carbocycles. The zero-order valence-corrected chi connectivity index (χ0v) is 30.2. The third-order valence-corrected chi connectivity index (χ3v) is 10.1. The van der Waals surface area contributed by atoms with Crippen molar-refractivity contribution in [1.82, 2.24) is 29.9 Å². The first kappa shape index (κ1) is 32.9. The Balaban J connectivity index is 0.975. The fraction of sp³-hybridized carbons (Fsp3) is 0. The molecule has 0 radical (unpaired) electrons. The fourth-order valence-electron chi connectivity index (χ4n) is 7.24. The van der Waals surface area contributed by atoms with Gasteiger partial charge in [-0.3, -0.25) is 9.97 Å². The Bertz CT molecular complexity index is 3000. The van der Waals surface area contributed by atoms with Crippen LogP contribution in [-0.4, -0.2) is 29.9 Å². The lowest BCUT2D eigenvalue weighted by Gasteiger charge is -2.11. The molecular weight excluding hydrogens is 685 g/mol. The van der Waals surface area contributed by atoms with Gasteiger partial charge in [0.2, 0.25) is 0 Å². The number of hydrogen-bond acceptors (Lipinski definition) is 6. The van der Waals surface area contributed by atoms with E-state index in [0.29, 0.717) is 17.5 Å². The second-order valence-corrected chi connectivity index (χ2v) is 13.6. The van der Waals surface area contributed by atoms with Crippen LogP contribution in [0.1, 0.15) is 0 Å². The van der Waals surface area contributed by atoms with Gasteiger partial charge < -0.3 is 0 Å². The van der Waals surface area contributed by atoms with E-state index in [4.69, 9.17) is 24.9 Å². The number of fused-ring (bicyclic) bond motifs is 3. The van der Waals surface area contributed by atoms with Gasteiger partial charge in [0.05, 0.1) is 16.9 Å². The quantitative estimate of drug-likeness (QED) is 0.153. The second kappa shape index (κ2) is 14.3. The normalized spacial score (nSPS) is 11.2. The highest BCUT2D eigenvalue weighted by molar-refractivity contribution is 6.10. The monoisotopic (exact) mass is 716 g/mol. The molecule has 56 heavy (non-hydrogen) atoms. The molecule has 0 N–H and O–H groups in total. The topological polar surface area (TPSA) is 77.3 Å². The minimum atomic E-state index is 0.617. The lowest BCUT2D eigenvalue weighted by molar-refractivity contribution is 1.07. The molecule has 262 valence electrons. The van der Waals surface area contributed by atoms with Crippen LogP contribution in [0, 0.1) is 0 Å². The summed E-state index contributed by atoms with van der Waals surface area (Å²) in [4.78, 5) is 28.9. The number of pyridine rings is 3. The van der Waals surface area contributed by atoms with E-state index in [1.54, 1.807) is 12.4 Å². The van der Waals surface area contributed by atoms with Crippen molar-refractivity contribution >= 4 is 21.7 Å². The summed E-state index contributed by atoms with van der Waals surface area (Å²) in [6.07, 6.45) is 5.48. The van der Waals surface area contributed by atoms with Crippen molar-refractivity contribution < 1.29 is 0 Å². The largest absolute Gasteiger partial charge is 0.265 e. The summed E-state index contributed by atoms with van der Waals surface area (Å²) in [6.45, 7) is 0. The average molecular weight is 717 g/mol. The van der Waals surface area contributed by atoms with E-state index in [0.717, 1.165) is 77.7 Å². The van der Waals surface area contributed by atoms with Gasteiger partial charge in [0.15, 0.2) is 17.5 Å². The van der Waals surface area contributed by atoms with Crippen molar-refractivity contribution in [2.45, 2.75) is 0 Å². The van der Waals surface area contributed by atoms with E-state index in [9.17, 15) is 0 Å². The summed E-state index contributed by atoms with van der Waals surface area (Å²) in [5.41, 5.74) is 12.0. The van der Waals surface area contributed by atoms with E-state index in [1.807, 2.05) is 54.7 Å². The van der Waals surface area contributed by atoms with Crippen LogP contribution in [0.3, 0.4) is 0 Å². The van der Waals surface area contributed by atoms with Crippen LogP contribution in [0.2, 0.25) is 0 Å². The van der Waals surface area contributed by atoms with E-state index in [-0.39, 0.29) is 0 Å². The first-order valence-electron chi connectivity index (χ1n) is 18.5. The van der Waals surface area contributed by atoms with Crippen LogP contribution in [0.25, 0.3) is 101 Å². The highest BCUT2D eigenvalue weighted by atomic mass is 15.0. The molecule has 0 fully saturated rings. The van der Waals surface area contributed by atoms with Crippen LogP contribution in [0.4, 0.5) is 0 Å². The molecule has 10 aromatic rings. The predicted molar refractivity (Wildman–Crippen MR) is 226 cm³/mol. The van der Waals surface area contributed by atoms with Crippen molar-refractivity contribution in [3.63, 3.8) is 0 Å². The molecule has 4 aromatic heterocycles. The van der Waals surface area contributed by atoms with E-state index in [2.05, 4.69) is 132 Å². The zero-order chi connectivity index (χ0) is 37.3. The van der Waals surface area contributed by atoms with Crippen LogP contribution >= 0.6 is 0 Å². The first-order chi connectivity index (χ1) is 27.7. The molecule has 0 amide bonds. The molecular formula is C50H32N6. The molecule has 0 saturated carbocycles. The minimum absolute atomic E-state index is 0.617. The first-order valence-corrected chi connectivity index (χ1v) is 18.5. The van der Waals surface area contributed by atoms with E-state index >= 15 is 0 Å². The number of rotatable bonds is 7. The van der Waals surface area contributed by atoms with Crippen molar-refractivity contribution in [2.24, 2.45) is 0 Å². The Morgan fingerprint density at radius 3 is 1.43 bits per heavy atom. The Labute approximate surface area is 324 Å². The van der Waals surface area contributed by atoms with Crippen molar-refractivity contribution in [3.05, 3.63) is 195 Å². The third kappa shape index (κ3) is 6.35. The smallest absolute Gasteiger partial charge is 0.164 e. The maximum absolute atomic E-state index is 5.09. The van der Waals surface area contributed by atoms with Crippen LogP contribution in [0.5, 0.6) is 0 Å². The van der Waals surface area contributed by atoms with Crippen LogP contribution in [-0.2, 0) is 0 Å². The molecule has 0 aliphatic heterocycles. The molecule has 10 rings (SSSR count). The summed E-state index contributed by atoms with van der Waals surface area (Å²) in [7, 11) is 0. The second-order valence-electron chi connectivity index (χ2n) is 13.6. The van der Waals surface area contributed by atoms with Crippen molar-refractivity contribution in [2.75, 3.05) is 0 Å². The van der Waals surface area contributed by atoms with Gasteiger partial charge in [-0.15, -0.1) is 0 Å². The highest BCUT2D eigenvalue weighted by Gasteiger charge is 2.15. The summed E-state index contributed by atoms with van der Waals surface area (Å²) in [5.74, 6) is 1.87. The summed E-state index contributed by atoms with van der Waals surface area (Å²) < 4.78 is 0. The van der Waals surface area contributed by atoms with Gasteiger partial charge in [-0.2, -0.15) is 0 Å². The number of para-hydroxylation sites is 1. The highest BCUT2D eigenvalue weighted by Crippen LogP contribution is 2.35. The van der Waals surface area contributed by atoms with E-state index < -0.39 is 0 Å². The van der Waals surface area contributed by atoms with Gasteiger partial charge in [-0.05, 0) is 75.2 Å². The maximum Gasteiger partial charge on any atom is 0.164 e. The number of hydrogen-bond donors (Lipinski definition) is 0. The van der Waals surface area contributed by atoms with Gasteiger partial charge in [0.1, 0.15) is 0 Å². The molecule has 0 aliphatic rings. The number of aromatic nitrogens is 6. The van der Waals surface area contributed by atoms with Gasteiger partial charge in [-0.25, -0.2) is 19.9 Å². The summed E-state index contributed by atoms with van der Waals surface area (Å²) >= 11 is 0. The van der Waals surface area contributed by atoms with Crippen LogP contribution in [0.15, 0.2) is 195 Å². The van der Waals surface area contributed by atoms with Crippen molar-refractivity contribution in [1.29, 1.82) is 0 Å². The number of benzene rings is 6. The lowest BCUT2D eigenvalue weighted by atomic mass is 9.97. The minimum Gasteiger partial charge on any atom is -0.265 e. The SMILES string of the molecule is c1ccc(-c2nc(-c3ccc(-c4ccncc4)cc3)nc(-c3ccc(-c4cccc(-c5ccnc(-c6nc7ccccc7c7ccccc67)c5)c4)cc3)n2)cc1. The van der Waals surface area contributed by atoms with E-state index in [1.165, 1.54) is 5.39 Å². The Kier molecular flexibility index (Phi) is 8.39. The van der Waals surface area contributed by atoms with Gasteiger partial charge in [0.25, 0.3) is 0 Å². The molecule has 0 saturated heterocycles. The predicted octanol–water partition coefficient (Wildman–Crippen LogP) is 12.0. The summed E-state index contributed by atoms with van der Waals surface area (Å²) in [5, 5.41) is 3.40. The molecule has 6 heteroatoms. The molecule has 0 bridgehead atoms. The molecule has 0 unspecified atom stereocenters. The molecule has 0 atom stereocenters. The standard InChI is InChI=1S/C50H32N6/c1-2-9-36(10-3-1)48-54-49(37-21-17-33(18-22-37)35-25-28-51-29-26-35)56-50(55-48)38-23-19-34(20-24-38)39-11-8-12-40(31-39)41-27-30-52-46(32-41)47-44-15-5-4-13-42(44)43-14-6-7-16-45(43)53-47/h1-32H. The fourth-order valence-corrected chi connectivity index (χ4v) is 7.24. The van der Waals surface area contributed by atoms with Crippen molar-refractivity contribution in [3.8, 4) is 78.9 Å². The van der Waals surface area contributed by atoms with Crippen LogP contribution < -0.4 is 0 Å². The Morgan fingerprint density at radius 2 is 0.750 bits per heavy atom. The van der Waals surface area contributed by atoms with Gasteiger partial charge >= 0.3 is 0 Å². The Morgan fingerprint density at radius 1 is 0.286 bits per heavy atom. The maximum atomic E-state index is 5.09.